The van der Waals surface area contributed by atoms with Gasteiger partial charge in [0.1, 0.15) is 5.82 Å². The normalized spacial score (nSPS) is 11.8. The van der Waals surface area contributed by atoms with Gasteiger partial charge in [0.15, 0.2) is 0 Å². The maximum atomic E-state index is 6.50. The van der Waals surface area contributed by atoms with E-state index in [1.807, 2.05) is 41.2 Å². The number of fused-ring (bicyclic) bond motifs is 3. The van der Waals surface area contributed by atoms with Gasteiger partial charge in [-0.15, -0.1) is 35.7 Å². The second-order valence-electron chi connectivity index (χ2n) is 14.2. The van der Waals surface area contributed by atoms with Gasteiger partial charge in [0.25, 0.3) is 0 Å². The van der Waals surface area contributed by atoms with Crippen molar-refractivity contribution in [1.29, 1.82) is 0 Å². The van der Waals surface area contributed by atoms with Crippen molar-refractivity contribution in [2.45, 2.75) is 73.1 Å². The summed E-state index contributed by atoms with van der Waals surface area (Å²) in [5.41, 5.74) is 9.88. The molecule has 0 atom stereocenters. The first-order chi connectivity index (χ1) is 23.6. The van der Waals surface area contributed by atoms with E-state index in [2.05, 4.69) is 126 Å². The molecule has 0 aliphatic heterocycles. The molecule has 3 aromatic heterocycles. The van der Waals surface area contributed by atoms with Crippen molar-refractivity contribution in [3.05, 3.63) is 132 Å². The van der Waals surface area contributed by atoms with Gasteiger partial charge in [-0.2, -0.15) is 17.2 Å². The number of ether oxygens (including phenoxy) is 1. The van der Waals surface area contributed by atoms with E-state index in [-0.39, 0.29) is 26.5 Å². The molecule has 50 heavy (non-hydrogen) atoms. The number of aryl methyl sites for hydroxylation is 2. The van der Waals surface area contributed by atoms with Crippen molar-refractivity contribution in [3.8, 4) is 34.1 Å². The Morgan fingerprint density at radius 1 is 0.840 bits per heavy atom. The number of pyridine rings is 1. The number of aromatic nitrogens is 4. The van der Waals surface area contributed by atoms with Crippen LogP contribution in [-0.2, 0) is 32.9 Å². The van der Waals surface area contributed by atoms with E-state index in [1.165, 1.54) is 16.5 Å². The largest absolute Gasteiger partial charge is 2.00 e. The maximum Gasteiger partial charge on any atom is 2.00 e. The van der Waals surface area contributed by atoms with Gasteiger partial charge < -0.3 is 9.30 Å². The summed E-state index contributed by atoms with van der Waals surface area (Å²) < 4.78 is 10.7. The number of nitrogens with zero attached hydrogens (tertiary/aromatic N) is 4. The van der Waals surface area contributed by atoms with Crippen molar-refractivity contribution in [3.63, 3.8) is 0 Å². The first-order valence-corrected chi connectivity index (χ1v) is 17.4. The first kappa shape index (κ1) is 35.4. The Morgan fingerprint density at radius 3 is 2.38 bits per heavy atom. The van der Waals surface area contributed by atoms with Crippen LogP contribution in [0.4, 0.5) is 0 Å². The average molecular weight is 840 g/mol. The van der Waals surface area contributed by atoms with Crippen molar-refractivity contribution in [2.75, 3.05) is 0 Å². The summed E-state index contributed by atoms with van der Waals surface area (Å²) in [6, 6.07) is 38.8. The molecule has 0 spiro atoms. The van der Waals surface area contributed by atoms with Gasteiger partial charge in [-0.05, 0) is 90.4 Å². The van der Waals surface area contributed by atoms with Crippen molar-refractivity contribution >= 4 is 21.8 Å². The van der Waals surface area contributed by atoms with Crippen LogP contribution in [0.25, 0.3) is 44.4 Å². The number of hydrogen-bond acceptors (Lipinski definition) is 3. The molecule has 6 heteroatoms. The minimum absolute atomic E-state index is 0. The third kappa shape index (κ3) is 6.81. The smallest absolute Gasteiger partial charge is 0.509 e. The maximum absolute atomic E-state index is 6.50. The minimum Gasteiger partial charge on any atom is -0.509 e. The molecule has 3 heterocycles. The molecule has 0 N–H and O–H groups in total. The third-order valence-corrected chi connectivity index (χ3v) is 9.92. The molecule has 0 saturated heterocycles. The van der Waals surface area contributed by atoms with Crippen molar-refractivity contribution in [2.24, 2.45) is 5.92 Å². The van der Waals surface area contributed by atoms with Crippen molar-refractivity contribution in [1.82, 2.24) is 19.3 Å². The molecule has 0 unspecified atom stereocenters. The zero-order valence-electron chi connectivity index (χ0n) is 29.9. The van der Waals surface area contributed by atoms with Crippen LogP contribution in [-0.4, -0.2) is 19.3 Å². The van der Waals surface area contributed by atoms with E-state index in [4.69, 9.17) is 14.8 Å². The van der Waals surface area contributed by atoms with Crippen LogP contribution in [0.3, 0.4) is 0 Å². The first-order valence-electron chi connectivity index (χ1n) is 17.4. The molecule has 0 fully saturated rings. The molecule has 7 aromatic rings. The Bertz CT molecular complexity index is 2280. The van der Waals surface area contributed by atoms with E-state index in [1.54, 1.807) is 0 Å². The van der Waals surface area contributed by atoms with E-state index in [9.17, 15) is 0 Å². The predicted octanol–water partition coefficient (Wildman–Crippen LogP) is 11.3. The van der Waals surface area contributed by atoms with Crippen LogP contribution in [0.5, 0.6) is 11.5 Å². The Morgan fingerprint density at radius 2 is 1.62 bits per heavy atom. The van der Waals surface area contributed by atoms with Crippen molar-refractivity contribution < 1.29 is 25.8 Å². The van der Waals surface area contributed by atoms with Gasteiger partial charge in [0, 0.05) is 34.5 Å². The summed E-state index contributed by atoms with van der Waals surface area (Å²) in [4.78, 5) is 4.88. The Labute approximate surface area is 310 Å². The van der Waals surface area contributed by atoms with Crippen LogP contribution in [0, 0.1) is 31.9 Å². The van der Waals surface area contributed by atoms with Gasteiger partial charge in [-0.1, -0.05) is 82.6 Å². The molecular formula is C44H44N4OPt. The van der Waals surface area contributed by atoms with Crippen LogP contribution >= 0.6 is 0 Å². The van der Waals surface area contributed by atoms with Gasteiger partial charge in [0.2, 0.25) is 0 Å². The molecule has 0 bridgehead atoms. The van der Waals surface area contributed by atoms with Gasteiger partial charge in [0.05, 0.1) is 5.69 Å². The standard InChI is InChI=1S/C44H44N4O.Pt/c1-8-44(6,7)34-19-22-40-39(26-34)38-21-20-37(28-41(38)47(40)42-25-32(23-24-45-42)18-17-29(2)3)49-36-16-12-15-35(27-36)48-31(5)43(30(4)46-48)33-13-10-9-11-14-33;/h9-16,19-26,29H,8,17-18H2,1-7H3;/q-2;+2. The van der Waals surface area contributed by atoms with Gasteiger partial charge in [-0.3, -0.25) is 4.68 Å². The topological polar surface area (TPSA) is 44.9 Å². The van der Waals surface area contributed by atoms with Crippen LogP contribution in [0.2, 0.25) is 0 Å². The van der Waals surface area contributed by atoms with E-state index in [0.717, 1.165) is 69.7 Å². The van der Waals surface area contributed by atoms with Gasteiger partial charge >= 0.3 is 21.1 Å². The molecule has 256 valence electrons. The monoisotopic (exact) mass is 839 g/mol. The molecule has 0 amide bonds. The fraction of sp³-hybridized carbons (Fsp3) is 0.273. The summed E-state index contributed by atoms with van der Waals surface area (Å²) in [7, 11) is 0. The second kappa shape index (κ2) is 14.4. The fourth-order valence-electron chi connectivity index (χ4n) is 6.68. The third-order valence-electron chi connectivity index (χ3n) is 9.92. The van der Waals surface area contributed by atoms with E-state index >= 15 is 0 Å². The summed E-state index contributed by atoms with van der Waals surface area (Å²) >= 11 is 0. The summed E-state index contributed by atoms with van der Waals surface area (Å²) in [5.74, 6) is 2.75. The number of rotatable bonds is 10. The molecule has 0 aliphatic rings. The predicted molar refractivity (Wildman–Crippen MR) is 201 cm³/mol. The molecule has 4 aromatic carbocycles. The van der Waals surface area contributed by atoms with Crippen LogP contribution < -0.4 is 4.74 Å². The molecule has 0 radical (unpaired) electrons. The second-order valence-corrected chi connectivity index (χ2v) is 14.2. The Balaban J connectivity index is 0.00000432. The zero-order valence-corrected chi connectivity index (χ0v) is 32.2. The minimum atomic E-state index is 0. The quantitative estimate of drug-likeness (QED) is 0.129. The van der Waals surface area contributed by atoms with E-state index in [0.29, 0.717) is 17.4 Å². The fourth-order valence-corrected chi connectivity index (χ4v) is 6.68. The molecule has 0 saturated carbocycles. The zero-order chi connectivity index (χ0) is 34.3. The van der Waals surface area contributed by atoms with Crippen LogP contribution in [0.15, 0.2) is 97.2 Å². The SMILES string of the molecule is CCC(C)(C)c1ccc2c(c1)c1ccc(Oc3[c-]c(-n4nc(C)c(-c5ccccc5)c4C)ccc3)[c-]c1n2-c1cc(CCC(C)C)ccn1.[Pt+2]. The van der Waals surface area contributed by atoms with Gasteiger partial charge in [-0.25, -0.2) is 4.98 Å². The number of benzene rings is 4. The Hall–Kier alpha value is -4.47. The summed E-state index contributed by atoms with van der Waals surface area (Å²) in [6.45, 7) is 15.6. The average Bonchev–Trinajstić information content (AvgIpc) is 3.59. The molecule has 0 aliphatic carbocycles. The molecular weight excluding hydrogens is 796 g/mol. The molecule has 5 nitrogen and oxygen atoms in total. The number of hydrogen-bond donors (Lipinski definition) is 0. The van der Waals surface area contributed by atoms with E-state index < -0.39 is 0 Å². The van der Waals surface area contributed by atoms with Crippen LogP contribution in [0.1, 0.15) is 70.0 Å². The summed E-state index contributed by atoms with van der Waals surface area (Å²) in [5, 5.41) is 7.20. The molecule has 7 rings (SSSR count). The Kier molecular flexibility index (Phi) is 10.2. The summed E-state index contributed by atoms with van der Waals surface area (Å²) in [6.07, 6.45) is 5.14.